The lowest BCUT2D eigenvalue weighted by molar-refractivity contribution is 0.472. The predicted molar refractivity (Wildman–Crippen MR) is 40.5 cm³/mol. The molecule has 1 rings (SSSR count). The van der Waals surface area contributed by atoms with Gasteiger partial charge in [0, 0.05) is 6.08 Å². The number of hydrogen-bond acceptors (Lipinski definition) is 3. The summed E-state index contributed by atoms with van der Waals surface area (Å²) in [6.45, 7) is 0. The maximum atomic E-state index is 8.83. The van der Waals surface area contributed by atoms with Crippen molar-refractivity contribution in [2.24, 2.45) is 0 Å². The summed E-state index contributed by atoms with van der Waals surface area (Å²) in [5, 5.41) is 17.0. The Hall–Kier alpha value is -1.82. The third-order valence-corrected chi connectivity index (χ3v) is 1.10. The van der Waals surface area contributed by atoms with Crippen LogP contribution < -0.4 is 0 Å². The standard InChI is InChI=1S/C8H6N2O/c9-5-1-2-7-3-4-8(11)6-10-7/h1-4,6,11H. The van der Waals surface area contributed by atoms with Gasteiger partial charge in [-0.3, -0.25) is 4.98 Å². The molecule has 1 heterocycles. The van der Waals surface area contributed by atoms with E-state index in [0.717, 1.165) is 0 Å². The molecule has 0 atom stereocenters. The normalized spacial score (nSPS) is 9.73. The number of nitrogens with zero attached hydrogens (tertiary/aromatic N) is 2. The number of aromatic hydroxyl groups is 1. The van der Waals surface area contributed by atoms with Crippen LogP contribution in [0.2, 0.25) is 0 Å². The molecule has 1 N–H and O–H groups in total. The molecule has 0 aromatic carbocycles. The van der Waals surface area contributed by atoms with Crippen molar-refractivity contribution in [1.82, 2.24) is 4.98 Å². The second kappa shape index (κ2) is 3.37. The highest BCUT2D eigenvalue weighted by Gasteiger charge is 1.87. The van der Waals surface area contributed by atoms with Gasteiger partial charge in [0.15, 0.2) is 0 Å². The average Bonchev–Trinajstić information content (AvgIpc) is 2.04. The van der Waals surface area contributed by atoms with E-state index in [1.54, 1.807) is 12.1 Å². The molecule has 0 aliphatic heterocycles. The Morgan fingerprint density at radius 3 is 2.91 bits per heavy atom. The van der Waals surface area contributed by atoms with E-state index in [0.29, 0.717) is 5.69 Å². The van der Waals surface area contributed by atoms with Crippen molar-refractivity contribution < 1.29 is 5.11 Å². The topological polar surface area (TPSA) is 56.9 Å². The number of pyridine rings is 1. The van der Waals surface area contributed by atoms with Crippen LogP contribution in [0.1, 0.15) is 5.69 Å². The molecule has 0 unspecified atom stereocenters. The van der Waals surface area contributed by atoms with Gasteiger partial charge in [0.2, 0.25) is 0 Å². The fourth-order valence-corrected chi connectivity index (χ4v) is 0.619. The molecule has 0 amide bonds. The van der Waals surface area contributed by atoms with Crippen molar-refractivity contribution in [2.45, 2.75) is 0 Å². The second-order valence-electron chi connectivity index (χ2n) is 1.90. The minimum Gasteiger partial charge on any atom is -0.506 e. The van der Waals surface area contributed by atoms with E-state index >= 15 is 0 Å². The molecule has 3 nitrogen and oxygen atoms in total. The summed E-state index contributed by atoms with van der Waals surface area (Å²) < 4.78 is 0. The van der Waals surface area contributed by atoms with Crippen molar-refractivity contribution >= 4 is 6.08 Å². The first-order chi connectivity index (χ1) is 5.33. The summed E-state index contributed by atoms with van der Waals surface area (Å²) in [4.78, 5) is 3.83. The predicted octanol–water partition coefficient (Wildman–Crippen LogP) is 1.32. The van der Waals surface area contributed by atoms with Gasteiger partial charge in [-0.25, -0.2) is 0 Å². The quantitative estimate of drug-likeness (QED) is 0.608. The van der Waals surface area contributed by atoms with Crippen molar-refractivity contribution in [3.8, 4) is 11.8 Å². The molecule has 0 saturated heterocycles. The number of hydrogen-bond donors (Lipinski definition) is 1. The first kappa shape index (κ1) is 7.29. The molecule has 1 aromatic heterocycles. The summed E-state index contributed by atoms with van der Waals surface area (Å²) in [7, 11) is 0. The highest BCUT2D eigenvalue weighted by atomic mass is 16.3. The van der Waals surface area contributed by atoms with E-state index in [-0.39, 0.29) is 5.75 Å². The first-order valence-electron chi connectivity index (χ1n) is 3.04. The Labute approximate surface area is 64.2 Å². The zero-order valence-electron chi connectivity index (χ0n) is 5.73. The van der Waals surface area contributed by atoms with Gasteiger partial charge in [-0.05, 0) is 18.2 Å². The minimum atomic E-state index is 0.124. The molecule has 54 valence electrons. The summed E-state index contributed by atoms with van der Waals surface area (Å²) in [5.74, 6) is 0.124. The van der Waals surface area contributed by atoms with Crippen LogP contribution in [0.3, 0.4) is 0 Å². The van der Waals surface area contributed by atoms with Gasteiger partial charge in [0.05, 0.1) is 18.0 Å². The maximum Gasteiger partial charge on any atom is 0.133 e. The molecule has 0 fully saturated rings. The largest absolute Gasteiger partial charge is 0.506 e. The lowest BCUT2D eigenvalue weighted by atomic mass is 10.3. The van der Waals surface area contributed by atoms with E-state index in [4.69, 9.17) is 10.4 Å². The second-order valence-corrected chi connectivity index (χ2v) is 1.90. The molecule has 11 heavy (non-hydrogen) atoms. The van der Waals surface area contributed by atoms with Crippen molar-refractivity contribution in [2.75, 3.05) is 0 Å². The molecule has 0 bridgehead atoms. The summed E-state index contributed by atoms with van der Waals surface area (Å²) in [5.41, 5.74) is 0.657. The van der Waals surface area contributed by atoms with Crippen LogP contribution in [0.15, 0.2) is 24.4 Å². The van der Waals surface area contributed by atoms with E-state index in [1.165, 1.54) is 18.3 Å². The number of nitriles is 1. The van der Waals surface area contributed by atoms with Gasteiger partial charge < -0.3 is 5.11 Å². The Kier molecular flexibility index (Phi) is 2.24. The Morgan fingerprint density at radius 1 is 1.55 bits per heavy atom. The van der Waals surface area contributed by atoms with Crippen molar-refractivity contribution in [1.29, 1.82) is 5.26 Å². The smallest absolute Gasteiger partial charge is 0.133 e. The molecule has 0 radical (unpaired) electrons. The van der Waals surface area contributed by atoms with Crippen molar-refractivity contribution in [3.05, 3.63) is 30.1 Å². The summed E-state index contributed by atoms with van der Waals surface area (Å²) in [6, 6.07) is 4.99. The summed E-state index contributed by atoms with van der Waals surface area (Å²) >= 11 is 0. The number of rotatable bonds is 1. The Bertz CT molecular complexity index is 295. The molecular weight excluding hydrogens is 140 g/mol. The van der Waals surface area contributed by atoms with Crippen molar-refractivity contribution in [3.63, 3.8) is 0 Å². The van der Waals surface area contributed by atoms with Gasteiger partial charge in [-0.2, -0.15) is 5.26 Å². The zero-order valence-corrected chi connectivity index (χ0v) is 5.73. The van der Waals surface area contributed by atoms with Crippen LogP contribution in [0.25, 0.3) is 6.08 Å². The van der Waals surface area contributed by atoms with Gasteiger partial charge in [-0.15, -0.1) is 0 Å². The monoisotopic (exact) mass is 146 g/mol. The van der Waals surface area contributed by atoms with Crippen LogP contribution in [-0.2, 0) is 0 Å². The third kappa shape index (κ3) is 2.11. The van der Waals surface area contributed by atoms with Crippen LogP contribution in [-0.4, -0.2) is 10.1 Å². The SMILES string of the molecule is N#CC=Cc1ccc(O)cn1. The van der Waals surface area contributed by atoms with E-state index < -0.39 is 0 Å². The fourth-order valence-electron chi connectivity index (χ4n) is 0.619. The van der Waals surface area contributed by atoms with E-state index in [9.17, 15) is 0 Å². The Balaban J connectivity index is 2.84. The third-order valence-electron chi connectivity index (χ3n) is 1.10. The molecule has 0 saturated carbocycles. The van der Waals surface area contributed by atoms with Crippen LogP contribution >= 0.6 is 0 Å². The average molecular weight is 146 g/mol. The molecule has 3 heteroatoms. The lowest BCUT2D eigenvalue weighted by Gasteiger charge is -1.90. The highest BCUT2D eigenvalue weighted by Crippen LogP contribution is 2.06. The first-order valence-corrected chi connectivity index (χ1v) is 3.04. The molecule has 0 aliphatic rings. The van der Waals surface area contributed by atoms with E-state index in [2.05, 4.69) is 4.98 Å². The van der Waals surface area contributed by atoms with Crippen LogP contribution in [0, 0.1) is 11.3 Å². The highest BCUT2D eigenvalue weighted by molar-refractivity contribution is 5.47. The number of aromatic nitrogens is 1. The Morgan fingerprint density at radius 2 is 2.36 bits per heavy atom. The summed E-state index contributed by atoms with van der Waals surface area (Å²) in [6.07, 6.45) is 4.23. The molecular formula is C8H6N2O. The van der Waals surface area contributed by atoms with Crippen LogP contribution in [0.5, 0.6) is 5.75 Å². The maximum absolute atomic E-state index is 8.83. The zero-order chi connectivity index (χ0) is 8.10. The van der Waals surface area contributed by atoms with Gasteiger partial charge in [0.25, 0.3) is 0 Å². The van der Waals surface area contributed by atoms with Crippen LogP contribution in [0.4, 0.5) is 0 Å². The molecule has 1 aromatic rings. The van der Waals surface area contributed by atoms with Gasteiger partial charge in [-0.1, -0.05) is 0 Å². The molecule has 0 aliphatic carbocycles. The van der Waals surface area contributed by atoms with Gasteiger partial charge in [0.1, 0.15) is 5.75 Å². The molecule has 0 spiro atoms. The lowest BCUT2D eigenvalue weighted by Crippen LogP contribution is -1.76. The fraction of sp³-hybridized carbons (Fsp3) is 0. The minimum absolute atomic E-state index is 0.124. The van der Waals surface area contributed by atoms with E-state index in [1.807, 2.05) is 6.07 Å². The number of allylic oxidation sites excluding steroid dienone is 1. The van der Waals surface area contributed by atoms with Gasteiger partial charge >= 0.3 is 0 Å².